The fourth-order valence-corrected chi connectivity index (χ4v) is 3.00. The van der Waals surface area contributed by atoms with E-state index in [1.807, 2.05) is 36.4 Å². The normalized spacial score (nSPS) is 9.89. The minimum absolute atomic E-state index is 1.03. The highest BCUT2D eigenvalue weighted by Crippen LogP contribution is 2.31. The molecule has 3 aromatic rings. The van der Waals surface area contributed by atoms with Gasteiger partial charge in [-0.25, -0.2) is 0 Å². The van der Waals surface area contributed by atoms with Crippen molar-refractivity contribution >= 4 is 27.5 Å². The summed E-state index contributed by atoms with van der Waals surface area (Å²) in [6, 6.07) is 18.4. The maximum atomic E-state index is 3.88. The largest absolute Gasteiger partial charge is 0.135 e. The van der Waals surface area contributed by atoms with Crippen LogP contribution in [0, 0.1) is 11.8 Å². The first kappa shape index (κ1) is 11.8. The number of hydrogen-bond acceptors (Lipinski definition) is 1. The standard InChI is InChI=1S/C18H12S/c1-2-17-16(13-12-14-8-4-3-5-9-14)15-10-6-7-11-18(15)19-17/h2-11H,1H2. The molecule has 0 bridgehead atoms. The van der Waals surface area contributed by atoms with Crippen molar-refractivity contribution in [3.63, 3.8) is 0 Å². The Morgan fingerprint density at radius 2 is 1.63 bits per heavy atom. The van der Waals surface area contributed by atoms with Crippen molar-refractivity contribution in [3.8, 4) is 11.8 Å². The molecule has 0 radical (unpaired) electrons. The van der Waals surface area contributed by atoms with Crippen LogP contribution in [-0.2, 0) is 0 Å². The fraction of sp³-hybridized carbons (Fsp3) is 0. The molecule has 0 nitrogen and oxygen atoms in total. The lowest BCUT2D eigenvalue weighted by Crippen LogP contribution is -1.76. The molecule has 1 heterocycles. The van der Waals surface area contributed by atoms with Crippen molar-refractivity contribution < 1.29 is 0 Å². The molecular formula is C18H12S. The second kappa shape index (κ2) is 5.14. The zero-order valence-corrected chi connectivity index (χ0v) is 11.2. The summed E-state index contributed by atoms with van der Waals surface area (Å²) in [4.78, 5) is 1.14. The molecule has 0 atom stereocenters. The molecule has 0 saturated carbocycles. The average molecular weight is 260 g/mol. The molecule has 0 aliphatic carbocycles. The zero-order valence-electron chi connectivity index (χ0n) is 10.4. The van der Waals surface area contributed by atoms with E-state index in [9.17, 15) is 0 Å². The smallest absolute Gasteiger partial charge is 0.0507 e. The molecule has 90 valence electrons. The second-order valence-corrected chi connectivity index (χ2v) is 5.24. The van der Waals surface area contributed by atoms with E-state index in [2.05, 4.69) is 42.7 Å². The summed E-state index contributed by atoms with van der Waals surface area (Å²) in [5, 5.41) is 1.21. The van der Waals surface area contributed by atoms with Gasteiger partial charge in [0, 0.05) is 20.5 Å². The van der Waals surface area contributed by atoms with E-state index in [4.69, 9.17) is 0 Å². The molecule has 0 unspecified atom stereocenters. The summed E-state index contributed by atoms with van der Waals surface area (Å²) in [5.74, 6) is 6.52. The summed E-state index contributed by atoms with van der Waals surface area (Å²) < 4.78 is 1.26. The lowest BCUT2D eigenvalue weighted by Gasteiger charge is -1.91. The Morgan fingerprint density at radius 3 is 2.42 bits per heavy atom. The minimum Gasteiger partial charge on any atom is -0.135 e. The summed E-state index contributed by atoms with van der Waals surface area (Å²) in [5.41, 5.74) is 2.12. The maximum absolute atomic E-state index is 3.88. The highest BCUT2D eigenvalue weighted by atomic mass is 32.1. The summed E-state index contributed by atoms with van der Waals surface area (Å²) in [7, 11) is 0. The van der Waals surface area contributed by atoms with Crippen LogP contribution in [0.3, 0.4) is 0 Å². The van der Waals surface area contributed by atoms with E-state index in [-0.39, 0.29) is 0 Å². The molecule has 0 aliphatic rings. The first-order chi connectivity index (χ1) is 9.38. The van der Waals surface area contributed by atoms with E-state index in [0.717, 1.165) is 16.0 Å². The van der Waals surface area contributed by atoms with E-state index in [1.165, 1.54) is 10.1 Å². The Hall–Kier alpha value is -2.30. The molecule has 0 fully saturated rings. The van der Waals surface area contributed by atoms with Crippen molar-refractivity contribution in [1.29, 1.82) is 0 Å². The van der Waals surface area contributed by atoms with Crippen LogP contribution in [0.2, 0.25) is 0 Å². The monoisotopic (exact) mass is 260 g/mol. The Labute approximate surface area is 117 Å². The molecule has 1 aromatic heterocycles. The summed E-state index contributed by atoms with van der Waals surface area (Å²) in [6.07, 6.45) is 1.89. The number of thiophene rings is 1. The summed E-state index contributed by atoms with van der Waals surface area (Å²) >= 11 is 1.74. The first-order valence-electron chi connectivity index (χ1n) is 6.09. The van der Waals surface area contributed by atoms with Gasteiger partial charge in [0.1, 0.15) is 0 Å². The third-order valence-electron chi connectivity index (χ3n) is 2.91. The van der Waals surface area contributed by atoms with Gasteiger partial charge in [0.2, 0.25) is 0 Å². The third-order valence-corrected chi connectivity index (χ3v) is 4.08. The zero-order chi connectivity index (χ0) is 13.1. The van der Waals surface area contributed by atoms with Gasteiger partial charge in [-0.3, -0.25) is 0 Å². The SMILES string of the molecule is C=Cc1sc2ccccc2c1C#Cc1ccccc1. The van der Waals surface area contributed by atoms with Crippen molar-refractivity contribution in [2.24, 2.45) is 0 Å². The van der Waals surface area contributed by atoms with Gasteiger partial charge in [-0.1, -0.05) is 60.9 Å². The molecule has 0 amide bonds. The van der Waals surface area contributed by atoms with Crippen molar-refractivity contribution in [2.75, 3.05) is 0 Å². The molecule has 1 heteroatoms. The molecule has 3 rings (SSSR count). The highest BCUT2D eigenvalue weighted by Gasteiger charge is 2.06. The predicted octanol–water partition coefficient (Wildman–Crippen LogP) is 4.94. The Kier molecular flexibility index (Phi) is 3.18. The molecule has 0 saturated heterocycles. The molecule has 2 aromatic carbocycles. The average Bonchev–Trinajstić information content (AvgIpc) is 2.84. The van der Waals surface area contributed by atoms with Gasteiger partial charge < -0.3 is 0 Å². The van der Waals surface area contributed by atoms with Crippen LogP contribution in [0.25, 0.3) is 16.2 Å². The van der Waals surface area contributed by atoms with Crippen LogP contribution in [-0.4, -0.2) is 0 Å². The molecule has 0 aliphatic heterocycles. The number of rotatable bonds is 1. The van der Waals surface area contributed by atoms with Crippen LogP contribution in [0.4, 0.5) is 0 Å². The molecular weight excluding hydrogens is 248 g/mol. The molecule has 0 N–H and O–H groups in total. The van der Waals surface area contributed by atoms with Crippen molar-refractivity contribution in [3.05, 3.63) is 77.2 Å². The lowest BCUT2D eigenvalue weighted by atomic mass is 10.1. The Balaban J connectivity index is 2.15. The van der Waals surface area contributed by atoms with Crippen molar-refractivity contribution in [1.82, 2.24) is 0 Å². The fourth-order valence-electron chi connectivity index (χ4n) is 1.99. The van der Waals surface area contributed by atoms with E-state index in [1.54, 1.807) is 11.3 Å². The molecule has 19 heavy (non-hydrogen) atoms. The van der Waals surface area contributed by atoms with Crippen LogP contribution < -0.4 is 0 Å². The number of hydrogen-bond donors (Lipinski definition) is 0. The van der Waals surface area contributed by atoms with Crippen LogP contribution in [0.5, 0.6) is 0 Å². The van der Waals surface area contributed by atoms with Gasteiger partial charge in [-0.05, 0) is 18.2 Å². The third kappa shape index (κ3) is 2.31. The van der Waals surface area contributed by atoms with Crippen LogP contribution >= 0.6 is 11.3 Å². The minimum atomic E-state index is 1.03. The first-order valence-corrected chi connectivity index (χ1v) is 6.91. The van der Waals surface area contributed by atoms with Crippen molar-refractivity contribution in [2.45, 2.75) is 0 Å². The van der Waals surface area contributed by atoms with Gasteiger partial charge in [0.05, 0.1) is 5.56 Å². The maximum Gasteiger partial charge on any atom is 0.0507 e. The van der Waals surface area contributed by atoms with E-state index < -0.39 is 0 Å². The van der Waals surface area contributed by atoms with Gasteiger partial charge in [0.15, 0.2) is 0 Å². The number of fused-ring (bicyclic) bond motifs is 1. The topological polar surface area (TPSA) is 0 Å². The predicted molar refractivity (Wildman–Crippen MR) is 84.3 cm³/mol. The van der Waals surface area contributed by atoms with E-state index >= 15 is 0 Å². The van der Waals surface area contributed by atoms with Gasteiger partial charge in [-0.2, -0.15) is 0 Å². The van der Waals surface area contributed by atoms with Crippen LogP contribution in [0.15, 0.2) is 61.2 Å². The Bertz CT molecular complexity index is 783. The highest BCUT2D eigenvalue weighted by molar-refractivity contribution is 7.20. The molecule has 0 spiro atoms. The summed E-state index contributed by atoms with van der Waals surface area (Å²) in [6.45, 7) is 3.88. The van der Waals surface area contributed by atoms with Gasteiger partial charge in [-0.15, -0.1) is 11.3 Å². The van der Waals surface area contributed by atoms with Crippen LogP contribution in [0.1, 0.15) is 16.0 Å². The van der Waals surface area contributed by atoms with Gasteiger partial charge in [0.25, 0.3) is 0 Å². The lowest BCUT2D eigenvalue weighted by molar-refractivity contribution is 1.65. The Morgan fingerprint density at radius 1 is 0.895 bits per heavy atom. The van der Waals surface area contributed by atoms with Gasteiger partial charge >= 0.3 is 0 Å². The second-order valence-electron chi connectivity index (χ2n) is 4.16. The quantitative estimate of drug-likeness (QED) is 0.543. The number of benzene rings is 2. The van der Waals surface area contributed by atoms with E-state index in [0.29, 0.717) is 0 Å².